The van der Waals surface area contributed by atoms with Crippen molar-refractivity contribution in [1.82, 2.24) is 20.2 Å². The molecule has 2 heterocycles. The minimum Gasteiger partial charge on any atom is -0.480 e. The molecule has 0 radical (unpaired) electrons. The van der Waals surface area contributed by atoms with Gasteiger partial charge < -0.3 is 10.1 Å². The van der Waals surface area contributed by atoms with E-state index < -0.39 is 6.10 Å². The summed E-state index contributed by atoms with van der Waals surface area (Å²) in [6, 6.07) is 12.6. The van der Waals surface area contributed by atoms with E-state index in [1.165, 1.54) is 11.0 Å². The molecule has 0 spiro atoms. The Bertz CT molecular complexity index is 897. The largest absolute Gasteiger partial charge is 0.480 e. The Balaban J connectivity index is 1.48. The molecular weight excluding hydrogens is 330 g/mol. The first-order valence-electron chi connectivity index (χ1n) is 7.28. The van der Waals surface area contributed by atoms with E-state index in [1.807, 2.05) is 18.2 Å². The highest BCUT2D eigenvalue weighted by atomic mass is 35.5. The molecule has 8 heteroatoms. The van der Waals surface area contributed by atoms with E-state index in [2.05, 4.69) is 20.8 Å². The molecule has 1 atom stereocenters. The maximum atomic E-state index is 12.4. The molecule has 4 rings (SSSR count). The zero-order chi connectivity index (χ0) is 16.5. The van der Waals surface area contributed by atoms with Crippen LogP contribution in [0.4, 0.5) is 5.69 Å². The molecule has 0 saturated carbocycles. The first kappa shape index (κ1) is 14.6. The average Bonchev–Trinajstić information content (AvgIpc) is 3.24. The molecule has 7 nitrogen and oxygen atoms in total. The Kier molecular flexibility index (Phi) is 3.62. The summed E-state index contributed by atoms with van der Waals surface area (Å²) >= 11 is 5.97. The molecule has 1 amide bonds. The molecule has 1 N–H and O–H groups in total. The summed E-state index contributed by atoms with van der Waals surface area (Å²) in [5.74, 6) is 0.484. The van der Waals surface area contributed by atoms with E-state index in [0.29, 0.717) is 22.9 Å². The van der Waals surface area contributed by atoms with Crippen LogP contribution in [0.1, 0.15) is 5.56 Å². The summed E-state index contributed by atoms with van der Waals surface area (Å²) < 4.78 is 7.20. The van der Waals surface area contributed by atoms with Crippen LogP contribution in [0.25, 0.3) is 5.69 Å². The smallest absolute Gasteiger partial charge is 0.265 e. The molecule has 0 unspecified atom stereocenters. The third-order valence-corrected chi connectivity index (χ3v) is 3.95. The molecule has 2 aromatic carbocycles. The fourth-order valence-corrected chi connectivity index (χ4v) is 2.79. The molecule has 3 aromatic rings. The Morgan fingerprint density at radius 1 is 1.29 bits per heavy atom. The lowest BCUT2D eigenvalue weighted by atomic mass is 10.1. The van der Waals surface area contributed by atoms with Crippen LogP contribution in [0.3, 0.4) is 0 Å². The monoisotopic (exact) mass is 341 g/mol. The van der Waals surface area contributed by atoms with Gasteiger partial charge in [-0.05, 0) is 52.4 Å². The van der Waals surface area contributed by atoms with Crippen molar-refractivity contribution in [2.24, 2.45) is 0 Å². The van der Waals surface area contributed by atoms with Crippen LogP contribution < -0.4 is 10.1 Å². The van der Waals surface area contributed by atoms with Gasteiger partial charge in [-0.2, -0.15) is 0 Å². The van der Waals surface area contributed by atoms with Crippen LogP contribution in [0.2, 0.25) is 5.02 Å². The molecule has 0 bridgehead atoms. The van der Waals surface area contributed by atoms with Gasteiger partial charge in [-0.1, -0.05) is 17.7 Å². The number of aromatic nitrogens is 4. The topological polar surface area (TPSA) is 81.9 Å². The molecule has 0 saturated heterocycles. The van der Waals surface area contributed by atoms with Crippen LogP contribution in [-0.4, -0.2) is 32.2 Å². The van der Waals surface area contributed by atoms with Crippen LogP contribution in [-0.2, 0) is 11.2 Å². The second-order valence-corrected chi connectivity index (χ2v) is 5.79. The number of ether oxygens (including phenoxy) is 1. The number of fused-ring (bicyclic) bond motifs is 1. The van der Waals surface area contributed by atoms with Gasteiger partial charge in [0.2, 0.25) is 0 Å². The fraction of sp³-hybridized carbons (Fsp3) is 0.125. The Hall–Kier alpha value is -2.93. The highest BCUT2D eigenvalue weighted by molar-refractivity contribution is 6.30. The minimum absolute atomic E-state index is 0.212. The van der Waals surface area contributed by atoms with Crippen molar-refractivity contribution < 1.29 is 9.53 Å². The van der Waals surface area contributed by atoms with Gasteiger partial charge >= 0.3 is 0 Å². The second kappa shape index (κ2) is 5.93. The van der Waals surface area contributed by atoms with Gasteiger partial charge in [0.1, 0.15) is 12.1 Å². The van der Waals surface area contributed by atoms with Crippen LogP contribution >= 0.6 is 11.6 Å². The zero-order valence-corrected chi connectivity index (χ0v) is 13.1. The number of benzene rings is 2. The zero-order valence-electron chi connectivity index (χ0n) is 12.4. The van der Waals surface area contributed by atoms with Crippen molar-refractivity contribution in [3.05, 3.63) is 59.4 Å². The lowest BCUT2D eigenvalue weighted by Crippen LogP contribution is -2.31. The standard InChI is InChI=1S/C16H12ClN5O2/c17-11-4-5-14-10(6-11)7-15(24-14)16(23)19-12-2-1-3-13(8-12)22-9-18-20-21-22/h1-6,8-9,15H,7H2,(H,19,23)/t15-/m0/s1. The molecule has 0 fully saturated rings. The van der Waals surface area contributed by atoms with Crippen molar-refractivity contribution in [1.29, 1.82) is 0 Å². The highest BCUT2D eigenvalue weighted by Gasteiger charge is 2.29. The number of rotatable bonds is 3. The van der Waals surface area contributed by atoms with Crippen molar-refractivity contribution >= 4 is 23.2 Å². The summed E-state index contributed by atoms with van der Waals surface area (Å²) in [7, 11) is 0. The molecule has 1 aromatic heterocycles. The summed E-state index contributed by atoms with van der Waals surface area (Å²) in [5, 5.41) is 14.5. The quantitative estimate of drug-likeness (QED) is 0.790. The van der Waals surface area contributed by atoms with Crippen LogP contribution in [0, 0.1) is 0 Å². The second-order valence-electron chi connectivity index (χ2n) is 5.36. The minimum atomic E-state index is -0.574. The summed E-state index contributed by atoms with van der Waals surface area (Å²) in [5.41, 5.74) is 2.33. The van der Waals surface area contributed by atoms with Crippen molar-refractivity contribution in [2.75, 3.05) is 5.32 Å². The highest BCUT2D eigenvalue weighted by Crippen LogP contribution is 2.31. The van der Waals surface area contributed by atoms with Gasteiger partial charge in [0.15, 0.2) is 6.10 Å². The average molecular weight is 342 g/mol. The number of amides is 1. The number of hydrogen-bond donors (Lipinski definition) is 1. The van der Waals surface area contributed by atoms with Gasteiger partial charge in [-0.25, -0.2) is 4.68 Å². The maximum Gasteiger partial charge on any atom is 0.265 e. The first-order chi connectivity index (χ1) is 11.7. The Morgan fingerprint density at radius 3 is 3.04 bits per heavy atom. The van der Waals surface area contributed by atoms with Gasteiger partial charge in [-0.15, -0.1) is 5.10 Å². The number of hydrogen-bond acceptors (Lipinski definition) is 5. The van der Waals surface area contributed by atoms with E-state index in [4.69, 9.17) is 16.3 Å². The summed E-state index contributed by atoms with van der Waals surface area (Å²) in [6.07, 6.45) is 1.41. The SMILES string of the molecule is O=C(Nc1cccc(-n2cnnn2)c1)[C@@H]1Cc2cc(Cl)ccc2O1. The Labute approximate surface area is 142 Å². The van der Waals surface area contributed by atoms with Gasteiger partial charge in [0.05, 0.1) is 5.69 Å². The number of carbonyl (C=O) groups excluding carboxylic acids is 1. The first-order valence-corrected chi connectivity index (χ1v) is 7.66. The van der Waals surface area contributed by atoms with E-state index in [1.54, 1.807) is 24.3 Å². The summed E-state index contributed by atoms with van der Waals surface area (Å²) in [4.78, 5) is 12.4. The lowest BCUT2D eigenvalue weighted by molar-refractivity contribution is -0.122. The third-order valence-electron chi connectivity index (χ3n) is 3.72. The molecule has 1 aliphatic rings. The van der Waals surface area contributed by atoms with E-state index >= 15 is 0 Å². The molecule has 24 heavy (non-hydrogen) atoms. The third kappa shape index (κ3) is 2.81. The number of halogens is 1. The lowest BCUT2D eigenvalue weighted by Gasteiger charge is -2.12. The number of carbonyl (C=O) groups is 1. The molecule has 120 valence electrons. The molecule has 0 aliphatic carbocycles. The Morgan fingerprint density at radius 2 is 2.21 bits per heavy atom. The van der Waals surface area contributed by atoms with Crippen LogP contribution in [0.15, 0.2) is 48.8 Å². The summed E-state index contributed by atoms with van der Waals surface area (Å²) in [6.45, 7) is 0. The van der Waals surface area contributed by atoms with Gasteiger partial charge in [0.25, 0.3) is 5.91 Å². The normalized spacial score (nSPS) is 15.6. The number of nitrogens with one attached hydrogen (secondary N) is 1. The molecular formula is C16H12ClN5O2. The van der Waals surface area contributed by atoms with Crippen molar-refractivity contribution in [2.45, 2.75) is 12.5 Å². The van der Waals surface area contributed by atoms with E-state index in [9.17, 15) is 4.79 Å². The van der Waals surface area contributed by atoms with Gasteiger partial charge in [0, 0.05) is 17.1 Å². The molecule has 1 aliphatic heterocycles. The fourth-order valence-electron chi connectivity index (χ4n) is 2.59. The predicted molar refractivity (Wildman–Crippen MR) is 87.4 cm³/mol. The maximum absolute atomic E-state index is 12.4. The van der Waals surface area contributed by atoms with Crippen molar-refractivity contribution in [3.8, 4) is 11.4 Å². The van der Waals surface area contributed by atoms with E-state index in [-0.39, 0.29) is 5.91 Å². The predicted octanol–water partition coefficient (Wildman–Crippen LogP) is 2.26. The van der Waals surface area contributed by atoms with Gasteiger partial charge in [-0.3, -0.25) is 4.79 Å². The number of tetrazole rings is 1. The number of nitrogens with zero attached hydrogens (tertiary/aromatic N) is 4. The van der Waals surface area contributed by atoms with Crippen LogP contribution in [0.5, 0.6) is 5.75 Å². The van der Waals surface area contributed by atoms with Crippen molar-refractivity contribution in [3.63, 3.8) is 0 Å². The van der Waals surface area contributed by atoms with E-state index in [0.717, 1.165) is 11.3 Å². The number of anilines is 1.